The van der Waals surface area contributed by atoms with Crippen LogP contribution in [0, 0.1) is 12.8 Å². The summed E-state index contributed by atoms with van der Waals surface area (Å²) in [6.45, 7) is 20.5. The molecule has 1 aliphatic heterocycles. The maximum absolute atomic E-state index is 13.2. The average molecular weight is 674 g/mol. The third-order valence-electron chi connectivity index (χ3n) is 6.94. The van der Waals surface area contributed by atoms with Gasteiger partial charge in [-0.15, -0.1) is 0 Å². The molecule has 2 atom stereocenters. The molecule has 0 radical (unpaired) electrons. The summed E-state index contributed by atoms with van der Waals surface area (Å²) >= 11 is 6.08. The Labute approximate surface area is 284 Å². The first-order valence-electron chi connectivity index (χ1n) is 16.1. The van der Waals surface area contributed by atoms with Crippen molar-refractivity contribution in [1.29, 1.82) is 0 Å². The lowest BCUT2D eigenvalue weighted by Crippen LogP contribution is -2.44. The second kappa shape index (κ2) is 15.6. The molecule has 11 nitrogen and oxygen atoms in total. The minimum atomic E-state index is -0.648. The fourth-order valence-corrected chi connectivity index (χ4v) is 5.25. The van der Waals surface area contributed by atoms with Gasteiger partial charge in [-0.25, -0.2) is 19.4 Å². The maximum atomic E-state index is 13.2. The number of likely N-dealkylation sites (tertiary alicyclic amines) is 1. The highest BCUT2D eigenvalue weighted by Gasteiger charge is 2.37. The Balaban J connectivity index is 1.77. The van der Waals surface area contributed by atoms with Crippen LogP contribution < -0.4 is 10.6 Å². The molecule has 2 heterocycles. The third kappa shape index (κ3) is 13.6. The Morgan fingerprint density at radius 2 is 1.53 bits per heavy atom. The molecule has 12 heteroatoms. The lowest BCUT2D eigenvalue weighted by atomic mass is 9.97. The molecule has 2 N–H and O–H groups in total. The zero-order valence-electron chi connectivity index (χ0n) is 29.5. The van der Waals surface area contributed by atoms with Crippen LogP contribution in [0.15, 0.2) is 36.4 Å². The summed E-state index contributed by atoms with van der Waals surface area (Å²) in [5, 5.41) is 6.95. The molecule has 2 aromatic rings. The van der Waals surface area contributed by atoms with E-state index in [2.05, 4.69) is 10.6 Å². The van der Waals surface area contributed by atoms with Gasteiger partial charge in [0.05, 0.1) is 0 Å². The highest BCUT2D eigenvalue weighted by Crippen LogP contribution is 2.25. The number of carbonyl (C=O) groups excluding carboxylic acids is 3. The maximum Gasteiger partial charge on any atom is 0.413 e. The largest absolute Gasteiger partial charge is 0.444 e. The van der Waals surface area contributed by atoms with Crippen LogP contribution >= 0.6 is 11.6 Å². The highest BCUT2D eigenvalue weighted by atomic mass is 35.5. The minimum absolute atomic E-state index is 0.0163. The molecule has 1 saturated heterocycles. The number of carbonyl (C=O) groups is 3. The molecule has 1 aliphatic rings. The number of anilines is 1. The number of aryl methyl sites for hydroxylation is 1. The Kier molecular flexibility index (Phi) is 12.5. The van der Waals surface area contributed by atoms with Gasteiger partial charge in [0.25, 0.3) is 0 Å². The number of pyridine rings is 1. The predicted molar refractivity (Wildman–Crippen MR) is 184 cm³/mol. The molecule has 0 bridgehead atoms. The minimum Gasteiger partial charge on any atom is -0.444 e. The number of amides is 3. The summed E-state index contributed by atoms with van der Waals surface area (Å²) in [5.74, 6) is 0.383. The van der Waals surface area contributed by atoms with Crippen LogP contribution in [0.25, 0.3) is 0 Å². The number of benzene rings is 1. The normalized spacial score (nSPS) is 16.9. The number of nitrogens with one attached hydrogen (secondary N) is 2. The van der Waals surface area contributed by atoms with Gasteiger partial charge in [0.15, 0.2) is 0 Å². The molecule has 3 rings (SSSR count). The molecule has 260 valence electrons. The van der Waals surface area contributed by atoms with Crippen molar-refractivity contribution in [2.75, 3.05) is 31.5 Å². The number of hydrogen-bond donors (Lipinski definition) is 2. The Morgan fingerprint density at radius 3 is 2.13 bits per heavy atom. The van der Waals surface area contributed by atoms with Crippen molar-refractivity contribution in [2.24, 2.45) is 5.92 Å². The van der Waals surface area contributed by atoms with E-state index in [1.807, 2.05) is 66.7 Å². The smallest absolute Gasteiger partial charge is 0.413 e. The molecule has 0 spiro atoms. The summed E-state index contributed by atoms with van der Waals surface area (Å²) < 4.78 is 16.8. The van der Waals surface area contributed by atoms with Crippen LogP contribution in [0.1, 0.15) is 79.1 Å². The highest BCUT2D eigenvalue weighted by molar-refractivity contribution is 6.30. The van der Waals surface area contributed by atoms with E-state index in [0.717, 1.165) is 16.8 Å². The van der Waals surface area contributed by atoms with Crippen molar-refractivity contribution in [3.05, 3.63) is 58.2 Å². The van der Waals surface area contributed by atoms with Gasteiger partial charge < -0.3 is 29.3 Å². The van der Waals surface area contributed by atoms with Gasteiger partial charge in [0, 0.05) is 49.5 Å². The van der Waals surface area contributed by atoms with Gasteiger partial charge in [-0.3, -0.25) is 5.32 Å². The second-order valence-electron chi connectivity index (χ2n) is 15.1. The average Bonchev–Trinajstić information content (AvgIpc) is 3.28. The first-order valence-corrected chi connectivity index (χ1v) is 16.4. The Morgan fingerprint density at radius 1 is 0.915 bits per heavy atom. The van der Waals surface area contributed by atoms with E-state index in [1.54, 1.807) is 48.8 Å². The SMILES string of the molecule is Cc1cc(C[C@@H]2CN(C(=O)OC(C)(C)C)C[C@H]2NCCN(Cc2ccc(Cl)cc2)C(=O)OC(C)(C)C)nc(NC(=O)OC(C)(C)C)c1. The molecule has 1 aromatic heterocycles. The molecule has 0 saturated carbocycles. The first kappa shape index (κ1) is 37.9. The number of ether oxygens (including phenoxy) is 3. The lowest BCUT2D eigenvalue weighted by Gasteiger charge is -2.28. The summed E-state index contributed by atoms with van der Waals surface area (Å²) in [6.07, 6.45) is -0.829. The van der Waals surface area contributed by atoms with Crippen LogP contribution in [0.2, 0.25) is 5.02 Å². The van der Waals surface area contributed by atoms with Crippen molar-refractivity contribution >= 4 is 35.7 Å². The number of nitrogens with zero attached hydrogens (tertiary/aromatic N) is 3. The molecular formula is C35H52ClN5O6. The Hall–Kier alpha value is -3.57. The summed E-state index contributed by atoms with van der Waals surface area (Å²) in [7, 11) is 0. The summed E-state index contributed by atoms with van der Waals surface area (Å²) in [4.78, 5) is 46.8. The van der Waals surface area contributed by atoms with E-state index >= 15 is 0 Å². The molecule has 47 heavy (non-hydrogen) atoms. The number of halogens is 1. The van der Waals surface area contributed by atoms with Gasteiger partial charge >= 0.3 is 18.3 Å². The standard InChI is InChI=1S/C35H52ClN5O6/c1-23-17-27(38-29(18-23)39-30(42)45-33(2,3)4)19-25-21-41(32(44)47-35(8,9)10)22-28(25)37-15-16-40(31(43)46-34(5,6)7)20-24-11-13-26(36)14-12-24/h11-14,17-18,25,28,37H,15-16,19-22H2,1-10H3,(H,38,39,42)/t25-,28-/m1/s1. The fourth-order valence-electron chi connectivity index (χ4n) is 5.13. The van der Waals surface area contributed by atoms with E-state index in [1.165, 1.54) is 0 Å². The van der Waals surface area contributed by atoms with Crippen molar-refractivity contribution in [1.82, 2.24) is 20.1 Å². The molecule has 1 aromatic carbocycles. The zero-order chi connectivity index (χ0) is 35.2. The van der Waals surface area contributed by atoms with Crippen LogP contribution in [0.5, 0.6) is 0 Å². The topological polar surface area (TPSA) is 122 Å². The predicted octanol–water partition coefficient (Wildman–Crippen LogP) is 7.20. The molecule has 0 aliphatic carbocycles. The van der Waals surface area contributed by atoms with Gasteiger partial charge in [-0.2, -0.15) is 0 Å². The van der Waals surface area contributed by atoms with E-state index in [-0.39, 0.29) is 18.1 Å². The second-order valence-corrected chi connectivity index (χ2v) is 15.5. The number of hydrogen-bond acceptors (Lipinski definition) is 8. The third-order valence-corrected chi connectivity index (χ3v) is 7.19. The van der Waals surface area contributed by atoms with Gasteiger partial charge in [-0.05, 0) is 117 Å². The molecule has 1 fully saturated rings. The molecular weight excluding hydrogens is 622 g/mol. The monoisotopic (exact) mass is 673 g/mol. The van der Waals surface area contributed by atoms with Gasteiger partial charge in [0.1, 0.15) is 22.6 Å². The van der Waals surface area contributed by atoms with Crippen LogP contribution in [0.3, 0.4) is 0 Å². The molecule has 0 unspecified atom stereocenters. The Bertz CT molecular complexity index is 1380. The lowest BCUT2D eigenvalue weighted by molar-refractivity contribution is 0.0233. The summed E-state index contributed by atoms with van der Waals surface area (Å²) in [6, 6.07) is 11.0. The molecule has 3 amide bonds. The van der Waals surface area contributed by atoms with E-state index < -0.39 is 29.0 Å². The van der Waals surface area contributed by atoms with E-state index in [4.69, 9.17) is 30.8 Å². The van der Waals surface area contributed by atoms with Crippen LogP contribution in [-0.4, -0.2) is 82.1 Å². The first-order chi connectivity index (χ1) is 21.7. The van der Waals surface area contributed by atoms with E-state index in [9.17, 15) is 14.4 Å². The zero-order valence-corrected chi connectivity index (χ0v) is 30.3. The fraction of sp³-hybridized carbons (Fsp3) is 0.600. The van der Waals surface area contributed by atoms with Crippen molar-refractivity contribution in [3.8, 4) is 0 Å². The van der Waals surface area contributed by atoms with Crippen LogP contribution in [-0.2, 0) is 27.2 Å². The van der Waals surface area contributed by atoms with Crippen LogP contribution in [0.4, 0.5) is 20.2 Å². The van der Waals surface area contributed by atoms with Gasteiger partial charge in [0.2, 0.25) is 0 Å². The van der Waals surface area contributed by atoms with Crippen molar-refractivity contribution < 1.29 is 28.6 Å². The quantitative estimate of drug-likeness (QED) is 0.268. The van der Waals surface area contributed by atoms with Gasteiger partial charge in [-0.1, -0.05) is 23.7 Å². The number of aromatic nitrogens is 1. The van der Waals surface area contributed by atoms with Crippen molar-refractivity contribution in [3.63, 3.8) is 0 Å². The van der Waals surface area contributed by atoms with Crippen molar-refractivity contribution in [2.45, 2.75) is 105 Å². The van der Waals surface area contributed by atoms with E-state index in [0.29, 0.717) is 50.0 Å². The summed E-state index contributed by atoms with van der Waals surface area (Å²) in [5.41, 5.74) is 0.716. The number of rotatable bonds is 9.